The molecule has 0 aliphatic heterocycles. The topological polar surface area (TPSA) is 73.9 Å². The molecule has 0 saturated carbocycles. The summed E-state index contributed by atoms with van der Waals surface area (Å²) in [6, 6.07) is 0. The summed E-state index contributed by atoms with van der Waals surface area (Å²) in [4.78, 5) is 0. The minimum Gasteiger partial charge on any atom is -0.376 e. The van der Waals surface area contributed by atoms with E-state index >= 15 is 0 Å². The van der Waals surface area contributed by atoms with Crippen LogP contribution < -0.4 is 16.4 Å². The zero-order valence-corrected chi connectivity index (χ0v) is 6.31. The number of hydrogen-bond donors (Lipinski definition) is 4. The highest BCUT2D eigenvalue weighted by atomic mass is 15.0. The van der Waals surface area contributed by atoms with E-state index in [1.54, 1.807) is 19.3 Å². The second kappa shape index (κ2) is 4.81. The number of likely N-dealkylation sites (N-methyl/N-ethyl adjacent to an activating group) is 1. The average molecular weight is 142 g/mol. The number of rotatable bonds is 3. The van der Waals surface area contributed by atoms with Gasteiger partial charge in [0.05, 0.1) is 6.17 Å². The molecule has 58 valence electrons. The monoisotopic (exact) mass is 142 g/mol. The van der Waals surface area contributed by atoms with Crippen LogP contribution in [0.15, 0.2) is 12.3 Å². The molecule has 0 radical (unpaired) electrons. The number of hydrogen-bond acceptors (Lipinski definition) is 3. The Morgan fingerprint density at radius 1 is 1.70 bits per heavy atom. The highest BCUT2D eigenvalue weighted by molar-refractivity contribution is 5.89. The lowest BCUT2D eigenvalue weighted by Crippen LogP contribution is -2.30. The molecule has 0 fully saturated rings. The summed E-state index contributed by atoms with van der Waals surface area (Å²) < 4.78 is 0. The van der Waals surface area contributed by atoms with E-state index in [9.17, 15) is 0 Å². The van der Waals surface area contributed by atoms with Gasteiger partial charge in [-0.25, -0.2) is 0 Å². The molecule has 4 nitrogen and oxygen atoms in total. The van der Waals surface area contributed by atoms with E-state index in [0.29, 0.717) is 5.84 Å². The molecule has 0 aliphatic carbocycles. The van der Waals surface area contributed by atoms with Crippen molar-refractivity contribution in [2.24, 2.45) is 5.73 Å². The molecule has 5 N–H and O–H groups in total. The first kappa shape index (κ1) is 8.97. The van der Waals surface area contributed by atoms with Gasteiger partial charge in [0.15, 0.2) is 0 Å². The van der Waals surface area contributed by atoms with Crippen molar-refractivity contribution in [3.8, 4) is 0 Å². The normalized spacial score (nSPS) is 13.1. The molecule has 0 aromatic rings. The first-order valence-electron chi connectivity index (χ1n) is 3.11. The van der Waals surface area contributed by atoms with Crippen LogP contribution in [-0.2, 0) is 0 Å². The maximum atomic E-state index is 7.10. The Morgan fingerprint density at radius 2 is 2.30 bits per heavy atom. The highest BCUT2D eigenvalue weighted by Crippen LogP contribution is 1.70. The Hall–Kier alpha value is -1.03. The molecule has 1 unspecified atom stereocenters. The van der Waals surface area contributed by atoms with Crippen molar-refractivity contribution >= 4 is 5.84 Å². The molecular formula is C6H14N4. The van der Waals surface area contributed by atoms with Gasteiger partial charge in [-0.15, -0.1) is 0 Å². The third-order valence-electron chi connectivity index (χ3n) is 0.878. The molecule has 0 saturated heterocycles. The standard InChI is InChI=1S/C6H14N4/c1-5(7)10-4-3-6(8)9-2/h3-5,10H,7H2,1-2H3,(H2,8,9)/b4-3-. The number of amidine groups is 1. The van der Waals surface area contributed by atoms with Crippen LogP contribution in [0.3, 0.4) is 0 Å². The third kappa shape index (κ3) is 5.11. The fourth-order valence-corrected chi connectivity index (χ4v) is 0.367. The van der Waals surface area contributed by atoms with Gasteiger partial charge in [-0.2, -0.15) is 0 Å². The Bertz CT molecular complexity index is 128. The van der Waals surface area contributed by atoms with Crippen LogP contribution in [0, 0.1) is 5.41 Å². The minimum absolute atomic E-state index is 0.0686. The van der Waals surface area contributed by atoms with E-state index in [2.05, 4.69) is 10.6 Å². The van der Waals surface area contributed by atoms with Gasteiger partial charge in [0.2, 0.25) is 0 Å². The van der Waals surface area contributed by atoms with Gasteiger partial charge >= 0.3 is 0 Å². The van der Waals surface area contributed by atoms with Gasteiger partial charge in [-0.3, -0.25) is 5.41 Å². The number of nitrogens with one attached hydrogen (secondary N) is 3. The van der Waals surface area contributed by atoms with Crippen molar-refractivity contribution in [1.29, 1.82) is 5.41 Å². The van der Waals surface area contributed by atoms with E-state index in [0.717, 1.165) is 0 Å². The Morgan fingerprint density at radius 3 is 2.70 bits per heavy atom. The molecular weight excluding hydrogens is 128 g/mol. The first-order valence-corrected chi connectivity index (χ1v) is 3.11. The van der Waals surface area contributed by atoms with Crippen molar-refractivity contribution in [2.75, 3.05) is 7.05 Å². The van der Waals surface area contributed by atoms with Gasteiger partial charge in [-0.05, 0) is 13.0 Å². The fraction of sp³-hybridized carbons (Fsp3) is 0.500. The van der Waals surface area contributed by atoms with Crippen LogP contribution in [0.25, 0.3) is 0 Å². The van der Waals surface area contributed by atoms with Gasteiger partial charge in [0.1, 0.15) is 5.84 Å². The molecule has 0 bridgehead atoms. The van der Waals surface area contributed by atoms with E-state index < -0.39 is 0 Å². The lowest BCUT2D eigenvalue weighted by atomic mass is 10.5. The van der Waals surface area contributed by atoms with Crippen molar-refractivity contribution in [2.45, 2.75) is 13.1 Å². The van der Waals surface area contributed by atoms with E-state index in [4.69, 9.17) is 11.1 Å². The summed E-state index contributed by atoms with van der Waals surface area (Å²) in [5, 5.41) is 12.6. The maximum absolute atomic E-state index is 7.10. The molecule has 10 heavy (non-hydrogen) atoms. The molecule has 0 aromatic heterocycles. The molecule has 0 heterocycles. The zero-order chi connectivity index (χ0) is 7.98. The van der Waals surface area contributed by atoms with Crippen LogP contribution in [0.2, 0.25) is 0 Å². The summed E-state index contributed by atoms with van der Waals surface area (Å²) in [7, 11) is 1.69. The molecule has 4 heteroatoms. The van der Waals surface area contributed by atoms with Crippen molar-refractivity contribution in [3.05, 3.63) is 12.3 Å². The van der Waals surface area contributed by atoms with Gasteiger partial charge in [0, 0.05) is 13.2 Å². The Kier molecular flexibility index (Phi) is 4.32. The third-order valence-corrected chi connectivity index (χ3v) is 0.878. The average Bonchev–Trinajstić information content (AvgIpc) is 1.87. The summed E-state index contributed by atoms with van der Waals surface area (Å²) in [6.45, 7) is 1.83. The highest BCUT2D eigenvalue weighted by Gasteiger charge is 1.84. The molecule has 0 aliphatic rings. The molecule has 0 amide bonds. The lowest BCUT2D eigenvalue weighted by Gasteiger charge is -2.02. The first-order chi connectivity index (χ1) is 4.66. The van der Waals surface area contributed by atoms with Crippen LogP contribution in [0.4, 0.5) is 0 Å². The fourth-order valence-electron chi connectivity index (χ4n) is 0.367. The maximum Gasteiger partial charge on any atom is 0.119 e. The zero-order valence-electron chi connectivity index (χ0n) is 6.31. The van der Waals surface area contributed by atoms with E-state index in [-0.39, 0.29) is 6.17 Å². The molecule has 0 spiro atoms. The van der Waals surface area contributed by atoms with Crippen LogP contribution >= 0.6 is 0 Å². The second-order valence-electron chi connectivity index (χ2n) is 1.95. The molecule has 1 atom stereocenters. The molecule has 0 rings (SSSR count). The van der Waals surface area contributed by atoms with Crippen molar-refractivity contribution in [3.63, 3.8) is 0 Å². The predicted molar refractivity (Wildman–Crippen MR) is 42.7 cm³/mol. The minimum atomic E-state index is -0.0686. The summed E-state index contributed by atoms with van der Waals surface area (Å²) in [5.74, 6) is 0.355. The Balaban J connectivity index is 3.46. The van der Waals surface area contributed by atoms with Gasteiger partial charge < -0.3 is 16.4 Å². The van der Waals surface area contributed by atoms with Crippen molar-refractivity contribution in [1.82, 2.24) is 10.6 Å². The predicted octanol–water partition coefficient (Wildman–Crippen LogP) is -0.409. The van der Waals surface area contributed by atoms with Crippen molar-refractivity contribution < 1.29 is 0 Å². The summed E-state index contributed by atoms with van der Waals surface area (Å²) >= 11 is 0. The van der Waals surface area contributed by atoms with Crippen LogP contribution in [0.1, 0.15) is 6.92 Å². The van der Waals surface area contributed by atoms with Gasteiger partial charge in [-0.1, -0.05) is 0 Å². The lowest BCUT2D eigenvalue weighted by molar-refractivity contribution is 0.670. The van der Waals surface area contributed by atoms with E-state index in [1.165, 1.54) is 0 Å². The summed E-state index contributed by atoms with van der Waals surface area (Å²) in [6.07, 6.45) is 3.17. The smallest absolute Gasteiger partial charge is 0.119 e. The van der Waals surface area contributed by atoms with Gasteiger partial charge in [0.25, 0.3) is 0 Å². The number of nitrogens with two attached hydrogens (primary N) is 1. The quantitative estimate of drug-likeness (QED) is 0.246. The largest absolute Gasteiger partial charge is 0.376 e. The van der Waals surface area contributed by atoms with Crippen LogP contribution in [0.5, 0.6) is 0 Å². The van der Waals surface area contributed by atoms with E-state index in [1.807, 2.05) is 6.92 Å². The summed E-state index contributed by atoms with van der Waals surface area (Å²) in [5.41, 5.74) is 5.37. The molecule has 0 aromatic carbocycles. The van der Waals surface area contributed by atoms with Crippen LogP contribution in [-0.4, -0.2) is 19.0 Å². The Labute approximate surface area is 61.0 Å². The SMILES string of the molecule is CNC(=N)/C=C\NC(C)N. The second-order valence-corrected chi connectivity index (χ2v) is 1.95.